The molecule has 0 radical (unpaired) electrons. The number of hydrogen-bond donors (Lipinski definition) is 0. The summed E-state index contributed by atoms with van der Waals surface area (Å²) < 4.78 is 0. The first kappa shape index (κ1) is 13.3. The van der Waals surface area contributed by atoms with Crippen molar-refractivity contribution in [1.29, 1.82) is 0 Å². The summed E-state index contributed by atoms with van der Waals surface area (Å²) in [7, 11) is 0. The fourth-order valence-corrected chi connectivity index (χ4v) is 3.16. The number of rotatable bonds is 3. The van der Waals surface area contributed by atoms with Gasteiger partial charge in [-0.05, 0) is 56.9 Å². The smallest absolute Gasteiger partial charge is 0.146 e. The first-order valence-corrected chi connectivity index (χ1v) is 6.91. The van der Waals surface area contributed by atoms with Gasteiger partial charge in [0, 0.05) is 0 Å². The van der Waals surface area contributed by atoms with Gasteiger partial charge in [-0.1, -0.05) is 24.1 Å². The van der Waals surface area contributed by atoms with E-state index in [0.717, 1.165) is 55.3 Å². The quantitative estimate of drug-likeness (QED) is 0.563. The molecular formula is C16H22O2. The van der Waals surface area contributed by atoms with E-state index >= 15 is 0 Å². The summed E-state index contributed by atoms with van der Waals surface area (Å²) in [5.41, 5.74) is 2.90. The first-order valence-electron chi connectivity index (χ1n) is 6.91. The van der Waals surface area contributed by atoms with Crippen LogP contribution in [0.4, 0.5) is 0 Å². The molecule has 0 bridgehead atoms. The second kappa shape index (κ2) is 5.21. The van der Waals surface area contributed by atoms with Gasteiger partial charge in [-0.25, -0.2) is 0 Å². The molecule has 2 atom stereocenters. The predicted octanol–water partition coefficient (Wildman–Crippen LogP) is 3.62. The van der Waals surface area contributed by atoms with Gasteiger partial charge in [-0.3, -0.25) is 4.79 Å². The molecule has 0 N–H and O–H groups in total. The lowest BCUT2D eigenvalue weighted by Gasteiger charge is -2.37. The standard InChI is InChI=1S/C16H22O2/c1-12-3-5-15(6-4-12)16(11-18)8-7-13(2)14(9-16)10-17/h5,10-12H,3-4,6-9H2,1-2H3. The molecule has 0 saturated carbocycles. The lowest BCUT2D eigenvalue weighted by molar-refractivity contribution is -0.115. The summed E-state index contributed by atoms with van der Waals surface area (Å²) in [6.45, 7) is 4.26. The minimum Gasteiger partial charge on any atom is -0.302 e. The molecule has 0 spiro atoms. The fourth-order valence-electron chi connectivity index (χ4n) is 3.16. The third-order valence-electron chi connectivity index (χ3n) is 4.68. The van der Waals surface area contributed by atoms with Crippen molar-refractivity contribution in [3.05, 3.63) is 22.8 Å². The van der Waals surface area contributed by atoms with Crippen LogP contribution in [0.15, 0.2) is 22.8 Å². The van der Waals surface area contributed by atoms with Crippen LogP contribution in [0.5, 0.6) is 0 Å². The van der Waals surface area contributed by atoms with E-state index < -0.39 is 0 Å². The van der Waals surface area contributed by atoms with Crippen LogP contribution in [0, 0.1) is 11.3 Å². The molecule has 0 aromatic carbocycles. The van der Waals surface area contributed by atoms with Crippen LogP contribution in [0.3, 0.4) is 0 Å². The van der Waals surface area contributed by atoms with Crippen LogP contribution in [-0.4, -0.2) is 12.6 Å². The zero-order valence-corrected chi connectivity index (χ0v) is 11.4. The number of carbonyl (C=O) groups is 2. The summed E-state index contributed by atoms with van der Waals surface area (Å²) in [6, 6.07) is 0. The van der Waals surface area contributed by atoms with Gasteiger partial charge in [-0.2, -0.15) is 0 Å². The molecule has 2 heteroatoms. The lowest BCUT2D eigenvalue weighted by atomic mass is 9.65. The van der Waals surface area contributed by atoms with Crippen LogP contribution in [0.1, 0.15) is 52.4 Å². The topological polar surface area (TPSA) is 34.1 Å². The third kappa shape index (κ3) is 2.33. The summed E-state index contributed by atoms with van der Waals surface area (Å²) in [5, 5.41) is 0. The summed E-state index contributed by atoms with van der Waals surface area (Å²) in [6.07, 6.45) is 9.93. The van der Waals surface area contributed by atoms with E-state index in [1.807, 2.05) is 6.92 Å². The zero-order chi connectivity index (χ0) is 13.2. The fraction of sp³-hybridized carbons (Fsp3) is 0.625. The summed E-state index contributed by atoms with van der Waals surface area (Å²) in [4.78, 5) is 22.8. The van der Waals surface area contributed by atoms with Crippen LogP contribution in [0.25, 0.3) is 0 Å². The van der Waals surface area contributed by atoms with Crippen molar-refractivity contribution in [2.75, 3.05) is 0 Å². The normalized spacial score (nSPS) is 33.0. The van der Waals surface area contributed by atoms with E-state index in [2.05, 4.69) is 13.0 Å². The molecule has 2 aliphatic carbocycles. The molecule has 18 heavy (non-hydrogen) atoms. The molecule has 0 aromatic heterocycles. The second-order valence-electron chi connectivity index (χ2n) is 5.98. The van der Waals surface area contributed by atoms with Gasteiger partial charge in [0.1, 0.15) is 12.6 Å². The number of aldehydes is 2. The van der Waals surface area contributed by atoms with E-state index in [1.54, 1.807) is 0 Å². The predicted molar refractivity (Wildman–Crippen MR) is 72.2 cm³/mol. The molecule has 2 unspecified atom stereocenters. The van der Waals surface area contributed by atoms with Gasteiger partial charge in [0.05, 0.1) is 5.41 Å². The van der Waals surface area contributed by atoms with Crippen LogP contribution < -0.4 is 0 Å². The molecule has 0 aromatic rings. The Balaban J connectivity index is 2.28. The first-order chi connectivity index (χ1) is 8.61. The average Bonchev–Trinajstić information content (AvgIpc) is 2.41. The number of allylic oxidation sites excluding steroid dienone is 4. The van der Waals surface area contributed by atoms with Crippen molar-refractivity contribution in [2.24, 2.45) is 11.3 Å². The Hall–Kier alpha value is -1.18. The molecule has 2 nitrogen and oxygen atoms in total. The molecule has 0 fully saturated rings. The minimum absolute atomic E-state index is 0.379. The zero-order valence-electron chi connectivity index (χ0n) is 11.4. The molecule has 0 heterocycles. The Labute approximate surface area is 109 Å². The highest BCUT2D eigenvalue weighted by Crippen LogP contribution is 2.46. The number of hydrogen-bond acceptors (Lipinski definition) is 2. The number of carbonyl (C=O) groups excluding carboxylic acids is 2. The maximum Gasteiger partial charge on any atom is 0.146 e. The van der Waals surface area contributed by atoms with Crippen molar-refractivity contribution in [3.8, 4) is 0 Å². The van der Waals surface area contributed by atoms with Gasteiger partial charge < -0.3 is 4.79 Å². The lowest BCUT2D eigenvalue weighted by Crippen LogP contribution is -2.31. The Bertz CT molecular complexity index is 417. The SMILES string of the molecule is CC1=C(C=O)CC(C=O)(C2=CCC(C)CC2)CC1. The second-order valence-corrected chi connectivity index (χ2v) is 5.98. The Morgan fingerprint density at radius 1 is 1.33 bits per heavy atom. The highest BCUT2D eigenvalue weighted by atomic mass is 16.1. The van der Waals surface area contributed by atoms with Crippen molar-refractivity contribution < 1.29 is 9.59 Å². The van der Waals surface area contributed by atoms with E-state index in [9.17, 15) is 9.59 Å². The van der Waals surface area contributed by atoms with E-state index in [4.69, 9.17) is 0 Å². The van der Waals surface area contributed by atoms with Gasteiger partial charge in [0.25, 0.3) is 0 Å². The van der Waals surface area contributed by atoms with Crippen molar-refractivity contribution in [1.82, 2.24) is 0 Å². The van der Waals surface area contributed by atoms with Crippen LogP contribution in [-0.2, 0) is 9.59 Å². The van der Waals surface area contributed by atoms with Crippen LogP contribution in [0.2, 0.25) is 0 Å². The van der Waals surface area contributed by atoms with Crippen molar-refractivity contribution in [2.45, 2.75) is 52.4 Å². The maximum atomic E-state index is 11.7. The van der Waals surface area contributed by atoms with Gasteiger partial charge >= 0.3 is 0 Å². The van der Waals surface area contributed by atoms with Crippen molar-refractivity contribution >= 4 is 12.6 Å². The Morgan fingerprint density at radius 3 is 2.67 bits per heavy atom. The molecule has 98 valence electrons. The molecule has 0 amide bonds. The van der Waals surface area contributed by atoms with E-state index in [0.29, 0.717) is 6.42 Å². The highest BCUT2D eigenvalue weighted by Gasteiger charge is 2.38. The largest absolute Gasteiger partial charge is 0.302 e. The third-order valence-corrected chi connectivity index (χ3v) is 4.68. The minimum atomic E-state index is -0.379. The van der Waals surface area contributed by atoms with E-state index in [-0.39, 0.29) is 5.41 Å². The molecular weight excluding hydrogens is 224 g/mol. The van der Waals surface area contributed by atoms with Gasteiger partial charge in [-0.15, -0.1) is 0 Å². The average molecular weight is 246 g/mol. The monoisotopic (exact) mass is 246 g/mol. The van der Waals surface area contributed by atoms with Gasteiger partial charge in [0.15, 0.2) is 0 Å². The molecule has 2 aliphatic rings. The van der Waals surface area contributed by atoms with Crippen molar-refractivity contribution in [3.63, 3.8) is 0 Å². The Kier molecular flexibility index (Phi) is 3.84. The van der Waals surface area contributed by atoms with E-state index in [1.165, 1.54) is 12.0 Å². The summed E-state index contributed by atoms with van der Waals surface area (Å²) in [5.74, 6) is 0.726. The summed E-state index contributed by atoms with van der Waals surface area (Å²) >= 11 is 0. The highest BCUT2D eigenvalue weighted by molar-refractivity contribution is 5.78. The molecule has 0 saturated heterocycles. The molecule has 0 aliphatic heterocycles. The van der Waals surface area contributed by atoms with Crippen LogP contribution >= 0.6 is 0 Å². The molecule has 2 rings (SSSR count). The maximum absolute atomic E-state index is 11.7. The Morgan fingerprint density at radius 2 is 2.11 bits per heavy atom. The van der Waals surface area contributed by atoms with Gasteiger partial charge in [0.2, 0.25) is 0 Å².